The molecule has 0 aromatic carbocycles. The third kappa shape index (κ3) is 12.3. The Morgan fingerprint density at radius 2 is 2.00 bits per heavy atom. The first-order chi connectivity index (χ1) is 7.49. The molecular weight excluding hydrogens is 216 g/mol. The van der Waals surface area contributed by atoms with Crippen LogP contribution >= 0.6 is 0 Å². The van der Waals surface area contributed by atoms with Crippen LogP contribution in [0.5, 0.6) is 0 Å². The lowest BCUT2D eigenvalue weighted by Crippen LogP contribution is -1.95. The van der Waals surface area contributed by atoms with Crippen LogP contribution in [0, 0.1) is 0 Å². The van der Waals surface area contributed by atoms with Crippen LogP contribution in [-0.2, 0) is 14.5 Å². The lowest BCUT2D eigenvalue weighted by molar-refractivity contribution is -0.228. The van der Waals surface area contributed by atoms with Crippen molar-refractivity contribution in [1.82, 2.24) is 0 Å². The molecule has 0 atom stereocenters. The molecule has 0 spiro atoms. The molecule has 0 saturated heterocycles. The maximum atomic E-state index is 10.2. The first kappa shape index (κ1) is 16.8. The molecule has 0 saturated carbocycles. The molecule has 16 heavy (non-hydrogen) atoms. The van der Waals surface area contributed by atoms with Gasteiger partial charge in [0.2, 0.25) is 0 Å². The number of hydrogen-bond donors (Lipinski definition) is 3. The van der Waals surface area contributed by atoms with Crippen molar-refractivity contribution in [3.05, 3.63) is 24.3 Å². The van der Waals surface area contributed by atoms with Gasteiger partial charge in [0.25, 0.3) is 0 Å². The molecule has 6 nitrogen and oxygen atoms in total. The molecule has 0 aliphatic heterocycles. The van der Waals surface area contributed by atoms with Crippen LogP contribution in [0.1, 0.15) is 19.8 Å². The minimum atomic E-state index is -0.891. The van der Waals surface area contributed by atoms with Gasteiger partial charge < -0.3 is 10.2 Å². The average Bonchev–Trinajstić information content (AvgIpc) is 2.28. The van der Waals surface area contributed by atoms with Crippen molar-refractivity contribution in [1.29, 1.82) is 0 Å². The summed E-state index contributed by atoms with van der Waals surface area (Å²) in [5.41, 5.74) is 0.341. The monoisotopic (exact) mass is 232 g/mol. The van der Waals surface area contributed by atoms with Gasteiger partial charge in [-0.25, -0.2) is 9.59 Å². The summed E-state index contributed by atoms with van der Waals surface area (Å²) in [7, 11) is 0. The van der Waals surface area contributed by atoms with Gasteiger partial charge in [0, 0.05) is 18.3 Å². The fourth-order valence-corrected chi connectivity index (χ4v) is 0.534. The van der Waals surface area contributed by atoms with E-state index in [1.54, 1.807) is 13.0 Å². The van der Waals surface area contributed by atoms with E-state index >= 15 is 0 Å². The number of aliphatic hydroxyl groups excluding tert-OH is 1. The second kappa shape index (κ2) is 11.4. The van der Waals surface area contributed by atoms with E-state index in [1.807, 2.05) is 0 Å². The Kier molecular flexibility index (Phi) is 12.0. The Bertz CT molecular complexity index is 256. The highest BCUT2D eigenvalue weighted by Crippen LogP contribution is 1.97. The van der Waals surface area contributed by atoms with Crippen molar-refractivity contribution < 1.29 is 29.9 Å². The van der Waals surface area contributed by atoms with Crippen LogP contribution in [0.2, 0.25) is 0 Å². The smallest absolute Gasteiger partial charge is 0.365 e. The highest BCUT2D eigenvalue weighted by molar-refractivity contribution is 5.85. The maximum Gasteiger partial charge on any atom is 0.365 e. The summed E-state index contributed by atoms with van der Waals surface area (Å²) in [5, 5.41) is 24.1. The zero-order chi connectivity index (χ0) is 13.0. The van der Waals surface area contributed by atoms with Gasteiger partial charge in [-0.05, 0) is 19.8 Å². The van der Waals surface area contributed by atoms with E-state index in [2.05, 4.69) is 11.5 Å². The number of allylic oxidation sites excluding steroid dienone is 1. The molecule has 0 aliphatic carbocycles. The van der Waals surface area contributed by atoms with Crippen LogP contribution in [-0.4, -0.2) is 34.0 Å². The van der Waals surface area contributed by atoms with E-state index in [4.69, 9.17) is 15.5 Å². The van der Waals surface area contributed by atoms with Crippen molar-refractivity contribution in [2.24, 2.45) is 0 Å². The predicted molar refractivity (Wildman–Crippen MR) is 56.6 cm³/mol. The van der Waals surface area contributed by atoms with Gasteiger partial charge in [-0.15, -0.1) is 0 Å². The zero-order valence-electron chi connectivity index (χ0n) is 9.05. The number of carboxylic acids is 1. The number of aliphatic carboxylic acids is 1. The van der Waals surface area contributed by atoms with Gasteiger partial charge in [-0.2, -0.15) is 5.26 Å². The quantitative estimate of drug-likeness (QED) is 0.282. The highest BCUT2D eigenvalue weighted by atomic mass is 17.1. The summed E-state index contributed by atoms with van der Waals surface area (Å²) in [4.78, 5) is 22.9. The fraction of sp³-hybridized carbons (Fsp3) is 0.400. The molecular formula is C10H16O6. The van der Waals surface area contributed by atoms with Gasteiger partial charge in [-0.3, -0.25) is 4.89 Å². The average molecular weight is 232 g/mol. The number of carbonyl (C=O) groups is 2. The Balaban J connectivity index is 0. The van der Waals surface area contributed by atoms with Gasteiger partial charge in [0.15, 0.2) is 0 Å². The Morgan fingerprint density at radius 3 is 2.25 bits per heavy atom. The van der Waals surface area contributed by atoms with Crippen LogP contribution in [0.15, 0.2) is 24.3 Å². The summed E-state index contributed by atoms with van der Waals surface area (Å²) in [6.45, 7) is 4.65. The van der Waals surface area contributed by atoms with Crippen molar-refractivity contribution in [2.75, 3.05) is 6.61 Å². The third-order valence-corrected chi connectivity index (χ3v) is 1.41. The molecule has 0 amide bonds. The molecule has 0 aromatic heterocycles. The summed E-state index contributed by atoms with van der Waals surface area (Å²) < 4.78 is 0. The van der Waals surface area contributed by atoms with Gasteiger partial charge in [0.1, 0.15) is 0 Å². The first-order valence-corrected chi connectivity index (χ1v) is 4.48. The summed E-state index contributed by atoms with van der Waals surface area (Å²) in [5.74, 6) is -1.73. The molecule has 0 aliphatic rings. The molecule has 92 valence electrons. The van der Waals surface area contributed by atoms with Gasteiger partial charge in [-0.1, -0.05) is 12.7 Å². The number of aliphatic hydroxyl groups is 1. The Hall–Kier alpha value is -1.66. The lowest BCUT2D eigenvalue weighted by Gasteiger charge is -1.91. The van der Waals surface area contributed by atoms with E-state index in [9.17, 15) is 9.59 Å². The van der Waals surface area contributed by atoms with E-state index in [-0.39, 0.29) is 6.61 Å². The number of carboxylic acid groups (broad SMARTS) is 1. The van der Waals surface area contributed by atoms with Crippen LogP contribution in [0.3, 0.4) is 0 Å². The van der Waals surface area contributed by atoms with Crippen LogP contribution in [0.25, 0.3) is 0 Å². The number of carbonyl (C=O) groups excluding carboxylic acids is 1. The maximum absolute atomic E-state index is 10.2. The minimum Gasteiger partial charge on any atom is -0.478 e. The van der Waals surface area contributed by atoms with E-state index in [1.165, 1.54) is 0 Å². The summed E-state index contributed by atoms with van der Waals surface area (Å²) in [6.07, 6.45) is 3.73. The molecule has 0 bridgehead atoms. The largest absolute Gasteiger partial charge is 0.478 e. The number of rotatable bonds is 5. The minimum absolute atomic E-state index is 0.114. The number of unbranched alkanes of at least 4 members (excludes halogenated alkanes) is 1. The number of hydrogen-bond acceptors (Lipinski definition) is 5. The van der Waals surface area contributed by atoms with E-state index < -0.39 is 11.9 Å². The molecule has 0 fully saturated rings. The van der Waals surface area contributed by atoms with E-state index in [0.717, 1.165) is 6.08 Å². The second-order valence-corrected chi connectivity index (χ2v) is 2.67. The standard InChI is InChI=1S/C7H12O3.C3H4O3/c1-6(7(9)10)4-2-3-5-8;1-2-3(4)6-5/h4,8H,2-3,5H2,1H3,(H,9,10);2,5H,1H2. The zero-order valence-corrected chi connectivity index (χ0v) is 9.05. The molecule has 0 heterocycles. The molecule has 0 aromatic rings. The topological polar surface area (TPSA) is 104 Å². The van der Waals surface area contributed by atoms with Crippen molar-refractivity contribution in [3.8, 4) is 0 Å². The fourth-order valence-electron chi connectivity index (χ4n) is 0.534. The lowest BCUT2D eigenvalue weighted by atomic mass is 10.2. The van der Waals surface area contributed by atoms with Crippen LogP contribution in [0.4, 0.5) is 0 Å². The normalized spacial score (nSPS) is 9.81. The predicted octanol–water partition coefficient (Wildman–Crippen LogP) is 0.978. The highest BCUT2D eigenvalue weighted by Gasteiger charge is 1.96. The molecule has 3 N–H and O–H groups in total. The van der Waals surface area contributed by atoms with Crippen molar-refractivity contribution in [3.63, 3.8) is 0 Å². The first-order valence-electron chi connectivity index (χ1n) is 4.48. The molecule has 0 radical (unpaired) electrons. The summed E-state index contributed by atoms with van der Waals surface area (Å²) >= 11 is 0. The Labute approximate surface area is 93.4 Å². The van der Waals surface area contributed by atoms with E-state index in [0.29, 0.717) is 18.4 Å². The molecule has 6 heteroatoms. The Morgan fingerprint density at radius 1 is 1.44 bits per heavy atom. The van der Waals surface area contributed by atoms with Gasteiger partial charge >= 0.3 is 11.9 Å². The SMILES string of the molecule is C=CC(=O)OO.CC(=CCCCO)C(=O)O. The van der Waals surface area contributed by atoms with Gasteiger partial charge in [0.05, 0.1) is 0 Å². The second-order valence-electron chi connectivity index (χ2n) is 2.67. The van der Waals surface area contributed by atoms with Crippen molar-refractivity contribution in [2.45, 2.75) is 19.8 Å². The van der Waals surface area contributed by atoms with Crippen molar-refractivity contribution >= 4 is 11.9 Å². The molecule has 0 unspecified atom stereocenters. The molecule has 0 rings (SSSR count). The van der Waals surface area contributed by atoms with Crippen LogP contribution < -0.4 is 0 Å². The summed E-state index contributed by atoms with van der Waals surface area (Å²) in [6, 6.07) is 0. The third-order valence-electron chi connectivity index (χ3n) is 1.41.